The molecule has 0 heterocycles. The summed E-state index contributed by atoms with van der Waals surface area (Å²) >= 11 is 0. The molecule has 0 saturated carbocycles. The van der Waals surface area contributed by atoms with Gasteiger partial charge in [0.25, 0.3) is 0 Å². The van der Waals surface area contributed by atoms with Gasteiger partial charge in [0.1, 0.15) is 36.4 Å². The summed E-state index contributed by atoms with van der Waals surface area (Å²) in [5.41, 5.74) is 8.56. The summed E-state index contributed by atoms with van der Waals surface area (Å²) in [4.78, 5) is 25.9. The average molecular weight is 584 g/mol. The van der Waals surface area contributed by atoms with Crippen LogP contribution in [0.15, 0.2) is 109 Å². The van der Waals surface area contributed by atoms with E-state index in [1.54, 1.807) is 45.9 Å². The highest BCUT2D eigenvalue weighted by atomic mass is 16.6. The Bertz CT molecular complexity index is 1440. The molecular weight excluding hydrogens is 542 g/mol. The van der Waals surface area contributed by atoms with Crippen molar-refractivity contribution in [3.63, 3.8) is 0 Å². The van der Waals surface area contributed by atoms with Crippen molar-refractivity contribution in [1.29, 1.82) is 0 Å². The van der Waals surface area contributed by atoms with Gasteiger partial charge in [-0.05, 0) is 63.1 Å². The smallest absolute Gasteiger partial charge is 0.410 e. The Labute approximate surface area is 254 Å². The molecule has 8 nitrogen and oxygen atoms in total. The second-order valence-electron chi connectivity index (χ2n) is 10.9. The summed E-state index contributed by atoms with van der Waals surface area (Å²) in [7, 11) is 1.54. The van der Waals surface area contributed by atoms with Crippen LogP contribution in [0.4, 0.5) is 16.2 Å². The molecule has 226 valence electrons. The standard InChI is InChI=1S/C22H28N2O4.C13H13NO/c1-16(24(5)21(26)28-22(2,3)4)20(25)23-18-12-9-13-19(14-18)27-15-17-10-7-6-8-11-17;14-12-7-4-8-13(9-12)15-10-11-5-2-1-3-6-11/h6-14,16H,15H2,1-5H3,(H,23,25);1-9H,10,14H2/t16-;/m0./s1. The molecule has 0 aliphatic heterocycles. The van der Waals surface area contributed by atoms with Crippen LogP contribution in [-0.2, 0) is 22.7 Å². The molecule has 0 saturated heterocycles. The number of nitrogens with zero attached hydrogens (tertiary/aromatic N) is 1. The third kappa shape index (κ3) is 11.8. The number of hydrogen-bond donors (Lipinski definition) is 2. The number of ether oxygens (including phenoxy) is 3. The minimum atomic E-state index is -0.691. The lowest BCUT2D eigenvalue weighted by Gasteiger charge is -2.28. The zero-order valence-corrected chi connectivity index (χ0v) is 25.4. The second kappa shape index (κ2) is 15.9. The van der Waals surface area contributed by atoms with Crippen LogP contribution in [-0.4, -0.2) is 35.6 Å². The molecule has 4 aromatic carbocycles. The number of benzene rings is 4. The van der Waals surface area contributed by atoms with Gasteiger partial charge in [-0.15, -0.1) is 0 Å². The first-order valence-corrected chi connectivity index (χ1v) is 14.1. The minimum Gasteiger partial charge on any atom is -0.489 e. The summed E-state index contributed by atoms with van der Waals surface area (Å²) in [6.07, 6.45) is -0.546. The molecule has 0 spiro atoms. The van der Waals surface area contributed by atoms with E-state index in [0.29, 0.717) is 24.7 Å². The summed E-state index contributed by atoms with van der Waals surface area (Å²) in [6.45, 7) is 8.01. The van der Waals surface area contributed by atoms with Gasteiger partial charge < -0.3 is 25.3 Å². The fraction of sp³-hybridized carbons (Fsp3) is 0.257. The van der Waals surface area contributed by atoms with E-state index in [-0.39, 0.29) is 5.91 Å². The molecule has 0 radical (unpaired) electrons. The van der Waals surface area contributed by atoms with Crippen molar-refractivity contribution < 1.29 is 23.8 Å². The Kier molecular flexibility index (Phi) is 12.0. The van der Waals surface area contributed by atoms with E-state index in [1.165, 1.54) is 11.9 Å². The number of nitrogens with two attached hydrogens (primary N) is 1. The SMILES string of the molecule is C[C@@H](C(=O)Nc1cccc(OCc2ccccc2)c1)N(C)C(=O)OC(C)(C)C.Nc1cccc(OCc2ccccc2)c1. The van der Waals surface area contributed by atoms with Crippen molar-refractivity contribution >= 4 is 23.4 Å². The normalized spacial score (nSPS) is 11.3. The summed E-state index contributed by atoms with van der Waals surface area (Å²) in [5, 5.41) is 2.81. The van der Waals surface area contributed by atoms with Crippen molar-refractivity contribution in [2.24, 2.45) is 0 Å². The van der Waals surface area contributed by atoms with Crippen LogP contribution >= 0.6 is 0 Å². The maximum Gasteiger partial charge on any atom is 0.410 e. The minimum absolute atomic E-state index is 0.312. The van der Waals surface area contributed by atoms with Gasteiger partial charge in [0.2, 0.25) is 5.91 Å². The number of carbonyl (C=O) groups is 2. The van der Waals surface area contributed by atoms with Gasteiger partial charge in [0.05, 0.1) is 0 Å². The molecule has 0 aliphatic carbocycles. The molecule has 3 N–H and O–H groups in total. The Balaban J connectivity index is 0.000000282. The molecule has 1 atom stereocenters. The summed E-state index contributed by atoms with van der Waals surface area (Å²) in [5.74, 6) is 1.14. The Hall–Kier alpha value is -4.98. The summed E-state index contributed by atoms with van der Waals surface area (Å²) < 4.78 is 16.7. The van der Waals surface area contributed by atoms with Crippen molar-refractivity contribution in [3.8, 4) is 11.5 Å². The first kappa shape index (κ1) is 32.5. The topological polar surface area (TPSA) is 103 Å². The highest BCUT2D eigenvalue weighted by Crippen LogP contribution is 2.20. The predicted octanol–water partition coefficient (Wildman–Crippen LogP) is 7.31. The van der Waals surface area contributed by atoms with Crippen LogP contribution in [0.25, 0.3) is 0 Å². The maximum absolute atomic E-state index is 12.5. The van der Waals surface area contributed by atoms with Crippen molar-refractivity contribution in [1.82, 2.24) is 4.90 Å². The second-order valence-corrected chi connectivity index (χ2v) is 10.9. The lowest BCUT2D eigenvalue weighted by molar-refractivity contribution is -0.120. The Morgan fingerprint density at radius 3 is 1.79 bits per heavy atom. The van der Waals surface area contributed by atoms with Gasteiger partial charge >= 0.3 is 6.09 Å². The van der Waals surface area contributed by atoms with Gasteiger partial charge in [-0.1, -0.05) is 72.8 Å². The number of rotatable bonds is 9. The quantitative estimate of drug-likeness (QED) is 0.200. The molecule has 43 heavy (non-hydrogen) atoms. The zero-order valence-electron chi connectivity index (χ0n) is 25.4. The van der Waals surface area contributed by atoms with Crippen LogP contribution in [0.5, 0.6) is 11.5 Å². The van der Waals surface area contributed by atoms with Crippen molar-refractivity contribution in [3.05, 3.63) is 120 Å². The first-order chi connectivity index (χ1) is 20.5. The fourth-order valence-corrected chi connectivity index (χ4v) is 3.66. The van der Waals surface area contributed by atoms with Gasteiger partial charge in [-0.3, -0.25) is 9.69 Å². The van der Waals surface area contributed by atoms with E-state index >= 15 is 0 Å². The average Bonchev–Trinajstić information content (AvgIpc) is 2.99. The van der Waals surface area contributed by atoms with Crippen molar-refractivity contribution in [2.75, 3.05) is 18.1 Å². The van der Waals surface area contributed by atoms with Gasteiger partial charge in [0.15, 0.2) is 0 Å². The van der Waals surface area contributed by atoms with Crippen molar-refractivity contribution in [2.45, 2.75) is 52.6 Å². The lowest BCUT2D eigenvalue weighted by Crippen LogP contribution is -2.45. The molecule has 4 rings (SSSR count). The number of nitrogen functional groups attached to an aromatic ring is 1. The molecule has 0 unspecified atom stereocenters. The fourth-order valence-electron chi connectivity index (χ4n) is 3.66. The van der Waals surface area contributed by atoms with E-state index < -0.39 is 17.7 Å². The highest BCUT2D eigenvalue weighted by Gasteiger charge is 2.27. The van der Waals surface area contributed by atoms with E-state index in [1.807, 2.05) is 91.0 Å². The molecule has 0 aromatic heterocycles. The van der Waals surface area contributed by atoms with Crippen LogP contribution < -0.4 is 20.5 Å². The molecular formula is C35H41N3O5. The Morgan fingerprint density at radius 1 is 0.767 bits per heavy atom. The number of amides is 2. The van der Waals surface area contributed by atoms with Gasteiger partial charge in [-0.25, -0.2) is 4.79 Å². The number of carbonyl (C=O) groups excluding carboxylic acids is 2. The predicted molar refractivity (Wildman–Crippen MR) is 171 cm³/mol. The number of anilines is 2. The molecule has 0 bridgehead atoms. The number of likely N-dealkylation sites (N-methyl/N-ethyl adjacent to an activating group) is 1. The molecule has 0 fully saturated rings. The van der Waals surface area contributed by atoms with E-state index in [9.17, 15) is 9.59 Å². The van der Waals surface area contributed by atoms with E-state index in [4.69, 9.17) is 19.9 Å². The number of hydrogen-bond acceptors (Lipinski definition) is 6. The highest BCUT2D eigenvalue weighted by molar-refractivity contribution is 5.96. The van der Waals surface area contributed by atoms with Crippen LogP contribution in [0.3, 0.4) is 0 Å². The van der Waals surface area contributed by atoms with Crippen LogP contribution in [0, 0.1) is 0 Å². The maximum atomic E-state index is 12.5. The largest absolute Gasteiger partial charge is 0.489 e. The zero-order chi connectivity index (χ0) is 31.2. The van der Waals surface area contributed by atoms with Crippen LogP contribution in [0.1, 0.15) is 38.8 Å². The molecule has 4 aromatic rings. The molecule has 2 amide bonds. The first-order valence-electron chi connectivity index (χ1n) is 14.1. The third-order valence-electron chi connectivity index (χ3n) is 6.10. The van der Waals surface area contributed by atoms with Crippen LogP contribution in [0.2, 0.25) is 0 Å². The van der Waals surface area contributed by atoms with E-state index in [0.717, 1.165) is 22.6 Å². The van der Waals surface area contributed by atoms with Gasteiger partial charge in [0, 0.05) is 30.6 Å². The summed E-state index contributed by atoms with van der Waals surface area (Å²) in [6, 6.07) is 33.8. The van der Waals surface area contributed by atoms with E-state index in [2.05, 4.69) is 5.32 Å². The monoisotopic (exact) mass is 583 g/mol. The molecule has 8 heteroatoms. The number of nitrogens with one attached hydrogen (secondary N) is 1. The Morgan fingerprint density at radius 2 is 1.28 bits per heavy atom. The lowest BCUT2D eigenvalue weighted by atomic mass is 10.2. The molecule has 0 aliphatic rings. The van der Waals surface area contributed by atoms with Gasteiger partial charge in [-0.2, -0.15) is 0 Å². The third-order valence-corrected chi connectivity index (χ3v) is 6.10.